The Bertz CT molecular complexity index is 232. The van der Waals surface area contributed by atoms with Crippen LogP contribution in [0.5, 0.6) is 0 Å². The molecule has 2 atom stereocenters. The molecule has 0 saturated carbocycles. The molecular formula is C8H15N3O3. The minimum Gasteiger partial charge on any atom is -0.338 e. The molecule has 1 saturated heterocycles. The van der Waals surface area contributed by atoms with Crippen LogP contribution in [0.15, 0.2) is 10.4 Å². The van der Waals surface area contributed by atoms with Crippen molar-refractivity contribution < 1.29 is 15.0 Å². The van der Waals surface area contributed by atoms with Gasteiger partial charge in [0, 0.05) is 12.6 Å². The minimum atomic E-state index is -0.490. The summed E-state index contributed by atoms with van der Waals surface area (Å²) < 4.78 is 0. The quantitative estimate of drug-likeness (QED) is 0.422. The number of nitrogens with zero attached hydrogens (tertiary/aromatic N) is 3. The average molecular weight is 201 g/mol. The van der Waals surface area contributed by atoms with E-state index in [1.54, 1.807) is 4.90 Å². The minimum absolute atomic E-state index is 0.0415. The van der Waals surface area contributed by atoms with Crippen LogP contribution in [0.2, 0.25) is 0 Å². The van der Waals surface area contributed by atoms with E-state index in [-0.39, 0.29) is 11.9 Å². The Balaban J connectivity index is 2.55. The summed E-state index contributed by atoms with van der Waals surface area (Å²) >= 11 is 0. The van der Waals surface area contributed by atoms with Gasteiger partial charge in [0.15, 0.2) is 6.04 Å². The molecule has 1 rings (SSSR count). The molecule has 14 heavy (non-hydrogen) atoms. The number of likely N-dealkylation sites (tertiary alicyclic amines) is 1. The standard InChI is InChI=1S/C8H15N3O3/c1-3-6(2)11-5-4-7(8(11)12)9-10-14-13/h6-7,13H,3-5H2,1-2H3. The van der Waals surface area contributed by atoms with Crippen molar-refractivity contribution in [1.29, 1.82) is 0 Å². The van der Waals surface area contributed by atoms with E-state index in [0.29, 0.717) is 13.0 Å². The maximum absolute atomic E-state index is 11.6. The van der Waals surface area contributed by atoms with Gasteiger partial charge in [0.25, 0.3) is 0 Å². The molecule has 0 radical (unpaired) electrons. The highest BCUT2D eigenvalue weighted by atomic mass is 17.2. The van der Waals surface area contributed by atoms with E-state index in [2.05, 4.69) is 15.4 Å². The van der Waals surface area contributed by atoms with Gasteiger partial charge in [0.1, 0.15) is 0 Å². The number of carbonyl (C=O) groups excluding carboxylic acids is 1. The molecule has 1 amide bonds. The number of carbonyl (C=O) groups is 1. The van der Waals surface area contributed by atoms with Crippen molar-refractivity contribution in [1.82, 2.24) is 4.90 Å². The Labute approximate surface area is 82.4 Å². The van der Waals surface area contributed by atoms with Gasteiger partial charge < -0.3 is 4.90 Å². The molecule has 80 valence electrons. The molecule has 1 aliphatic rings. The van der Waals surface area contributed by atoms with Crippen LogP contribution < -0.4 is 0 Å². The third-order valence-electron chi connectivity index (χ3n) is 2.56. The Morgan fingerprint density at radius 2 is 2.50 bits per heavy atom. The maximum Gasteiger partial charge on any atom is 0.249 e. The van der Waals surface area contributed by atoms with Crippen molar-refractivity contribution in [3.8, 4) is 0 Å². The molecule has 2 unspecified atom stereocenters. The van der Waals surface area contributed by atoms with Gasteiger partial charge in [-0.3, -0.25) is 4.79 Å². The summed E-state index contributed by atoms with van der Waals surface area (Å²) in [5, 5.41) is 14.5. The van der Waals surface area contributed by atoms with Crippen LogP contribution in [-0.4, -0.2) is 34.7 Å². The summed E-state index contributed by atoms with van der Waals surface area (Å²) in [7, 11) is 0. The lowest BCUT2D eigenvalue weighted by molar-refractivity contribution is -0.251. The molecule has 1 heterocycles. The lowest BCUT2D eigenvalue weighted by atomic mass is 10.2. The van der Waals surface area contributed by atoms with Gasteiger partial charge in [-0.2, -0.15) is 5.26 Å². The van der Waals surface area contributed by atoms with Crippen molar-refractivity contribution in [2.75, 3.05) is 6.54 Å². The Kier molecular flexibility index (Phi) is 3.82. The molecule has 6 heteroatoms. The van der Waals surface area contributed by atoms with E-state index in [4.69, 9.17) is 5.26 Å². The zero-order chi connectivity index (χ0) is 10.6. The number of amides is 1. The van der Waals surface area contributed by atoms with Crippen molar-refractivity contribution in [2.45, 2.75) is 38.8 Å². The van der Waals surface area contributed by atoms with Crippen LogP contribution in [0.1, 0.15) is 26.7 Å². The zero-order valence-electron chi connectivity index (χ0n) is 8.38. The summed E-state index contributed by atoms with van der Waals surface area (Å²) in [6, 6.07) is -0.256. The van der Waals surface area contributed by atoms with Crippen LogP contribution >= 0.6 is 0 Å². The summed E-state index contributed by atoms with van der Waals surface area (Å²) in [5.74, 6) is -0.0415. The SMILES string of the molecule is CCC(C)N1CCC(N=NOO)C1=O. The summed E-state index contributed by atoms with van der Waals surface area (Å²) in [6.07, 6.45) is 1.56. The van der Waals surface area contributed by atoms with Gasteiger partial charge in [-0.1, -0.05) is 6.92 Å². The van der Waals surface area contributed by atoms with Crippen molar-refractivity contribution >= 4 is 5.91 Å². The molecule has 1 aliphatic heterocycles. The second kappa shape index (κ2) is 4.90. The first kappa shape index (κ1) is 10.9. The summed E-state index contributed by atoms with van der Waals surface area (Å²) in [4.78, 5) is 16.9. The first-order chi connectivity index (χ1) is 6.70. The largest absolute Gasteiger partial charge is 0.338 e. The van der Waals surface area contributed by atoms with Gasteiger partial charge in [0.2, 0.25) is 5.91 Å². The van der Waals surface area contributed by atoms with Gasteiger partial charge in [-0.15, -0.1) is 5.11 Å². The van der Waals surface area contributed by atoms with Crippen LogP contribution in [-0.2, 0) is 9.78 Å². The van der Waals surface area contributed by atoms with E-state index in [0.717, 1.165) is 6.42 Å². The van der Waals surface area contributed by atoms with Crippen molar-refractivity contribution in [3.05, 3.63) is 0 Å². The monoisotopic (exact) mass is 201 g/mol. The highest BCUT2D eigenvalue weighted by Gasteiger charge is 2.34. The van der Waals surface area contributed by atoms with E-state index in [1.807, 2.05) is 13.8 Å². The summed E-state index contributed by atoms with van der Waals surface area (Å²) in [6.45, 7) is 4.73. The molecule has 0 aromatic carbocycles. The molecule has 0 bridgehead atoms. The molecule has 1 N–H and O–H groups in total. The predicted octanol–water partition coefficient (Wildman–Crippen LogP) is 1.24. The Morgan fingerprint density at radius 1 is 1.79 bits per heavy atom. The number of hydrogen-bond acceptors (Lipinski definition) is 5. The molecule has 1 fully saturated rings. The molecule has 6 nitrogen and oxygen atoms in total. The average Bonchev–Trinajstić information content (AvgIpc) is 2.56. The second-order valence-electron chi connectivity index (χ2n) is 3.37. The van der Waals surface area contributed by atoms with Gasteiger partial charge >= 0.3 is 0 Å². The van der Waals surface area contributed by atoms with Gasteiger partial charge in [-0.05, 0) is 19.8 Å². The van der Waals surface area contributed by atoms with Crippen LogP contribution in [0.25, 0.3) is 0 Å². The highest BCUT2D eigenvalue weighted by molar-refractivity contribution is 5.84. The van der Waals surface area contributed by atoms with E-state index in [1.165, 1.54) is 0 Å². The summed E-state index contributed by atoms with van der Waals surface area (Å²) in [5.41, 5.74) is 0. The number of rotatable bonds is 4. The maximum atomic E-state index is 11.6. The van der Waals surface area contributed by atoms with Gasteiger partial charge in [-0.25, -0.2) is 4.99 Å². The smallest absolute Gasteiger partial charge is 0.249 e. The fourth-order valence-corrected chi connectivity index (χ4v) is 1.53. The third kappa shape index (κ3) is 2.20. The third-order valence-corrected chi connectivity index (χ3v) is 2.56. The highest BCUT2D eigenvalue weighted by Crippen LogP contribution is 2.18. The van der Waals surface area contributed by atoms with Crippen LogP contribution in [0, 0.1) is 0 Å². The lowest BCUT2D eigenvalue weighted by Gasteiger charge is -2.22. The molecule has 0 aliphatic carbocycles. The fourth-order valence-electron chi connectivity index (χ4n) is 1.53. The number of hydrogen-bond donors (Lipinski definition) is 1. The van der Waals surface area contributed by atoms with E-state index >= 15 is 0 Å². The van der Waals surface area contributed by atoms with E-state index < -0.39 is 6.04 Å². The van der Waals surface area contributed by atoms with Crippen molar-refractivity contribution in [2.24, 2.45) is 10.4 Å². The zero-order valence-corrected chi connectivity index (χ0v) is 8.38. The molecule has 0 aromatic heterocycles. The Morgan fingerprint density at radius 3 is 3.07 bits per heavy atom. The van der Waals surface area contributed by atoms with Crippen LogP contribution in [0.3, 0.4) is 0 Å². The topological polar surface area (TPSA) is 74.5 Å². The molecule has 0 spiro atoms. The normalized spacial score (nSPS) is 24.6. The molecular weight excluding hydrogens is 186 g/mol. The Hall–Kier alpha value is -1.17. The van der Waals surface area contributed by atoms with E-state index in [9.17, 15) is 4.79 Å². The van der Waals surface area contributed by atoms with Crippen LogP contribution in [0.4, 0.5) is 0 Å². The predicted molar refractivity (Wildman–Crippen MR) is 48.4 cm³/mol. The second-order valence-corrected chi connectivity index (χ2v) is 3.37. The first-order valence-corrected chi connectivity index (χ1v) is 4.72. The lowest BCUT2D eigenvalue weighted by Crippen LogP contribution is -2.36. The van der Waals surface area contributed by atoms with Crippen molar-refractivity contribution in [3.63, 3.8) is 0 Å². The first-order valence-electron chi connectivity index (χ1n) is 4.72. The molecule has 0 aromatic rings. The fraction of sp³-hybridized carbons (Fsp3) is 0.875. The van der Waals surface area contributed by atoms with Gasteiger partial charge in [0.05, 0.1) is 5.28 Å².